The highest BCUT2D eigenvalue weighted by atomic mass is 35.5. The van der Waals surface area contributed by atoms with E-state index < -0.39 is 6.10 Å². The van der Waals surface area contributed by atoms with Crippen molar-refractivity contribution in [2.75, 3.05) is 0 Å². The lowest BCUT2D eigenvalue weighted by Crippen LogP contribution is -1.87. The van der Waals surface area contributed by atoms with Crippen LogP contribution in [0.15, 0.2) is 24.1 Å². The summed E-state index contributed by atoms with van der Waals surface area (Å²) in [6.07, 6.45) is 0.838. The molecule has 1 N–H and O–H groups in total. The first kappa shape index (κ1) is 7.79. The van der Waals surface area contributed by atoms with Gasteiger partial charge in [-0.2, -0.15) is 0 Å². The molecule has 0 spiro atoms. The van der Waals surface area contributed by atoms with Crippen molar-refractivity contribution in [2.45, 2.75) is 6.10 Å². The van der Waals surface area contributed by atoms with Gasteiger partial charge in [0.2, 0.25) is 0 Å². The standard InChI is InChI=1S/C7H7ClOS/c1-2-6(9)7-5(8)3-4-10-7/h2-4,6,9H,1H2. The Labute approximate surface area is 68.6 Å². The first-order valence-corrected chi connectivity index (χ1v) is 4.05. The lowest BCUT2D eigenvalue weighted by molar-refractivity contribution is 0.233. The minimum absolute atomic E-state index is 0.609. The third-order valence-electron chi connectivity index (χ3n) is 1.14. The summed E-state index contributed by atoms with van der Waals surface area (Å²) in [5, 5.41) is 11.7. The van der Waals surface area contributed by atoms with Crippen LogP contribution >= 0.6 is 22.9 Å². The number of aliphatic hydroxyl groups excluding tert-OH is 1. The Morgan fingerprint density at radius 1 is 1.80 bits per heavy atom. The molecule has 1 heterocycles. The van der Waals surface area contributed by atoms with Crippen molar-refractivity contribution in [1.29, 1.82) is 0 Å². The highest BCUT2D eigenvalue weighted by Gasteiger charge is 2.07. The number of thiophene rings is 1. The van der Waals surface area contributed by atoms with Crippen LogP contribution in [0.3, 0.4) is 0 Å². The maximum Gasteiger partial charge on any atom is 0.108 e. The van der Waals surface area contributed by atoms with E-state index in [-0.39, 0.29) is 0 Å². The average molecular weight is 175 g/mol. The van der Waals surface area contributed by atoms with Crippen molar-refractivity contribution >= 4 is 22.9 Å². The van der Waals surface area contributed by atoms with Crippen LogP contribution in [-0.2, 0) is 0 Å². The zero-order valence-corrected chi connectivity index (χ0v) is 6.82. The summed E-state index contributed by atoms with van der Waals surface area (Å²) in [6, 6.07) is 1.76. The molecular weight excluding hydrogens is 168 g/mol. The second-order valence-corrected chi connectivity index (χ2v) is 3.17. The number of rotatable bonds is 2. The second kappa shape index (κ2) is 3.19. The summed E-state index contributed by atoms with van der Waals surface area (Å²) in [5.41, 5.74) is 0. The Balaban J connectivity index is 2.92. The third-order valence-corrected chi connectivity index (χ3v) is 2.57. The summed E-state index contributed by atoms with van der Waals surface area (Å²) < 4.78 is 0. The molecule has 1 unspecified atom stereocenters. The van der Waals surface area contributed by atoms with Gasteiger partial charge in [-0.15, -0.1) is 17.9 Å². The van der Waals surface area contributed by atoms with Crippen molar-refractivity contribution in [3.05, 3.63) is 34.0 Å². The molecule has 1 nitrogen and oxygen atoms in total. The van der Waals surface area contributed by atoms with Gasteiger partial charge in [0.05, 0.1) is 9.90 Å². The summed E-state index contributed by atoms with van der Waals surface area (Å²) in [5.74, 6) is 0. The normalized spacial score (nSPS) is 13.0. The molecule has 0 bridgehead atoms. The van der Waals surface area contributed by atoms with Crippen LogP contribution in [0.2, 0.25) is 5.02 Å². The molecule has 1 atom stereocenters. The maximum absolute atomic E-state index is 9.21. The van der Waals surface area contributed by atoms with E-state index in [4.69, 9.17) is 11.6 Å². The molecule has 10 heavy (non-hydrogen) atoms. The van der Waals surface area contributed by atoms with E-state index in [1.165, 1.54) is 17.4 Å². The molecule has 0 aromatic carbocycles. The van der Waals surface area contributed by atoms with E-state index in [1.807, 2.05) is 5.38 Å². The van der Waals surface area contributed by atoms with Crippen molar-refractivity contribution in [2.24, 2.45) is 0 Å². The number of hydrogen-bond donors (Lipinski definition) is 1. The Bertz CT molecular complexity index is 231. The molecular formula is C7H7ClOS. The van der Waals surface area contributed by atoms with Crippen LogP contribution in [0.1, 0.15) is 11.0 Å². The van der Waals surface area contributed by atoms with Crippen molar-refractivity contribution in [3.63, 3.8) is 0 Å². The van der Waals surface area contributed by atoms with E-state index in [0.717, 1.165) is 4.88 Å². The van der Waals surface area contributed by atoms with Crippen LogP contribution in [0.5, 0.6) is 0 Å². The van der Waals surface area contributed by atoms with Crippen molar-refractivity contribution < 1.29 is 5.11 Å². The number of halogens is 1. The van der Waals surface area contributed by atoms with E-state index in [1.54, 1.807) is 6.07 Å². The van der Waals surface area contributed by atoms with Crippen LogP contribution < -0.4 is 0 Å². The molecule has 1 rings (SSSR count). The first-order valence-electron chi connectivity index (χ1n) is 2.79. The first-order chi connectivity index (χ1) is 4.75. The fourth-order valence-corrected chi connectivity index (χ4v) is 1.77. The molecule has 0 radical (unpaired) electrons. The van der Waals surface area contributed by atoms with Gasteiger partial charge < -0.3 is 5.11 Å². The Morgan fingerprint density at radius 3 is 2.90 bits per heavy atom. The van der Waals surface area contributed by atoms with E-state index >= 15 is 0 Å². The molecule has 0 amide bonds. The average Bonchev–Trinajstić information content (AvgIpc) is 2.34. The van der Waals surface area contributed by atoms with Gasteiger partial charge in [-0.25, -0.2) is 0 Å². The second-order valence-electron chi connectivity index (χ2n) is 1.81. The number of hydrogen-bond acceptors (Lipinski definition) is 2. The summed E-state index contributed by atoms with van der Waals surface area (Å²) in [6.45, 7) is 3.46. The smallest absolute Gasteiger partial charge is 0.108 e. The lowest BCUT2D eigenvalue weighted by atomic mass is 10.3. The van der Waals surface area contributed by atoms with E-state index in [0.29, 0.717) is 5.02 Å². The zero-order chi connectivity index (χ0) is 7.56. The summed E-state index contributed by atoms with van der Waals surface area (Å²) >= 11 is 7.15. The molecule has 3 heteroatoms. The molecule has 0 aliphatic rings. The van der Waals surface area contributed by atoms with E-state index in [9.17, 15) is 5.11 Å². The van der Waals surface area contributed by atoms with Gasteiger partial charge in [-0.1, -0.05) is 17.7 Å². The fraction of sp³-hybridized carbons (Fsp3) is 0.143. The largest absolute Gasteiger partial charge is 0.383 e. The van der Waals surface area contributed by atoms with E-state index in [2.05, 4.69) is 6.58 Å². The van der Waals surface area contributed by atoms with Crippen LogP contribution in [0, 0.1) is 0 Å². The molecule has 0 aliphatic carbocycles. The van der Waals surface area contributed by atoms with Crippen LogP contribution in [0.4, 0.5) is 0 Å². The molecule has 0 fully saturated rings. The SMILES string of the molecule is C=CC(O)c1sccc1Cl. The lowest BCUT2D eigenvalue weighted by Gasteiger charge is -2.00. The Morgan fingerprint density at radius 2 is 2.50 bits per heavy atom. The predicted octanol–water partition coefficient (Wildman–Crippen LogP) is 2.62. The molecule has 1 aromatic heterocycles. The molecule has 0 saturated heterocycles. The molecule has 0 saturated carbocycles. The summed E-state index contributed by atoms with van der Waals surface area (Å²) in [4.78, 5) is 0.761. The third kappa shape index (κ3) is 1.40. The summed E-state index contributed by atoms with van der Waals surface area (Å²) in [7, 11) is 0. The maximum atomic E-state index is 9.21. The highest BCUT2D eigenvalue weighted by molar-refractivity contribution is 7.10. The predicted molar refractivity (Wildman–Crippen MR) is 44.5 cm³/mol. The van der Waals surface area contributed by atoms with Crippen molar-refractivity contribution in [1.82, 2.24) is 0 Å². The fourth-order valence-electron chi connectivity index (χ4n) is 0.624. The minimum Gasteiger partial charge on any atom is -0.383 e. The number of aliphatic hydroxyl groups is 1. The molecule has 54 valence electrons. The quantitative estimate of drug-likeness (QED) is 0.684. The van der Waals surface area contributed by atoms with Crippen molar-refractivity contribution in [3.8, 4) is 0 Å². The molecule has 0 aliphatic heterocycles. The van der Waals surface area contributed by atoms with Gasteiger partial charge >= 0.3 is 0 Å². The van der Waals surface area contributed by atoms with Gasteiger partial charge in [0.1, 0.15) is 6.10 Å². The van der Waals surface area contributed by atoms with Gasteiger partial charge in [0, 0.05) is 0 Å². The van der Waals surface area contributed by atoms with Gasteiger partial charge in [0.15, 0.2) is 0 Å². The van der Waals surface area contributed by atoms with Gasteiger partial charge in [-0.05, 0) is 11.4 Å². The topological polar surface area (TPSA) is 20.2 Å². The Kier molecular flexibility index (Phi) is 2.49. The van der Waals surface area contributed by atoms with Crippen LogP contribution in [0.25, 0.3) is 0 Å². The van der Waals surface area contributed by atoms with Gasteiger partial charge in [-0.3, -0.25) is 0 Å². The molecule has 1 aromatic rings. The minimum atomic E-state index is -0.618. The zero-order valence-electron chi connectivity index (χ0n) is 5.25. The van der Waals surface area contributed by atoms with Gasteiger partial charge in [0.25, 0.3) is 0 Å². The Hall–Kier alpha value is -0.310. The van der Waals surface area contributed by atoms with Crippen LogP contribution in [-0.4, -0.2) is 5.11 Å². The monoisotopic (exact) mass is 174 g/mol. The highest BCUT2D eigenvalue weighted by Crippen LogP contribution is 2.28.